The summed E-state index contributed by atoms with van der Waals surface area (Å²) in [6.45, 7) is -0.542. The Bertz CT molecular complexity index is 1080. The van der Waals surface area contributed by atoms with Gasteiger partial charge in [-0.2, -0.15) is 18.3 Å². The number of halogens is 4. The van der Waals surface area contributed by atoms with E-state index < -0.39 is 29.8 Å². The van der Waals surface area contributed by atoms with E-state index in [1.54, 1.807) is 24.3 Å². The number of hydrogen-bond donors (Lipinski definition) is 1. The number of aromatic nitrogens is 2. The van der Waals surface area contributed by atoms with Crippen LogP contribution < -0.4 is 10.9 Å². The fourth-order valence-electron chi connectivity index (χ4n) is 2.53. The van der Waals surface area contributed by atoms with Gasteiger partial charge in [0.05, 0.1) is 16.9 Å². The van der Waals surface area contributed by atoms with Crippen LogP contribution in [0.25, 0.3) is 11.3 Å². The van der Waals surface area contributed by atoms with Crippen LogP contribution >= 0.6 is 11.6 Å². The summed E-state index contributed by atoms with van der Waals surface area (Å²) in [7, 11) is 0. The van der Waals surface area contributed by atoms with E-state index in [4.69, 9.17) is 11.6 Å². The Balaban J connectivity index is 1.84. The molecule has 9 heteroatoms. The third kappa shape index (κ3) is 4.58. The lowest BCUT2D eigenvalue weighted by atomic mass is 10.1. The zero-order valence-electron chi connectivity index (χ0n) is 14.2. The highest BCUT2D eigenvalue weighted by Gasteiger charge is 2.33. The molecule has 0 aliphatic heterocycles. The third-order valence-corrected chi connectivity index (χ3v) is 4.02. The van der Waals surface area contributed by atoms with Crippen molar-refractivity contribution in [2.24, 2.45) is 0 Å². The Morgan fingerprint density at radius 3 is 2.54 bits per heavy atom. The van der Waals surface area contributed by atoms with Gasteiger partial charge in [0, 0.05) is 16.7 Å². The number of hydrogen-bond acceptors (Lipinski definition) is 3. The number of rotatable bonds is 4. The van der Waals surface area contributed by atoms with Gasteiger partial charge in [0.1, 0.15) is 6.54 Å². The summed E-state index contributed by atoms with van der Waals surface area (Å²) < 4.78 is 40.0. The maximum absolute atomic E-state index is 13.0. The first-order chi connectivity index (χ1) is 13.2. The molecule has 144 valence electrons. The van der Waals surface area contributed by atoms with Crippen LogP contribution in [0.3, 0.4) is 0 Å². The lowest BCUT2D eigenvalue weighted by molar-refractivity contribution is -0.137. The van der Waals surface area contributed by atoms with E-state index in [0.717, 1.165) is 16.8 Å². The van der Waals surface area contributed by atoms with Crippen LogP contribution in [0.4, 0.5) is 18.9 Å². The maximum atomic E-state index is 13.0. The fraction of sp³-hybridized carbons (Fsp3) is 0.105. The first-order valence-corrected chi connectivity index (χ1v) is 8.42. The molecule has 0 bridgehead atoms. The summed E-state index contributed by atoms with van der Waals surface area (Å²) in [5.41, 5.74) is -0.907. The Labute approximate surface area is 162 Å². The number of nitrogens with zero attached hydrogens (tertiary/aromatic N) is 2. The first kappa shape index (κ1) is 19.6. The molecule has 0 saturated carbocycles. The summed E-state index contributed by atoms with van der Waals surface area (Å²) >= 11 is 5.94. The van der Waals surface area contributed by atoms with Gasteiger partial charge in [-0.1, -0.05) is 35.9 Å². The van der Waals surface area contributed by atoms with E-state index in [9.17, 15) is 22.8 Å². The van der Waals surface area contributed by atoms with Crippen LogP contribution in [-0.2, 0) is 17.5 Å². The lowest BCUT2D eigenvalue weighted by Crippen LogP contribution is -2.29. The van der Waals surface area contributed by atoms with Gasteiger partial charge in [-0.15, -0.1) is 0 Å². The summed E-state index contributed by atoms with van der Waals surface area (Å²) in [4.78, 5) is 24.2. The average Bonchev–Trinajstić information content (AvgIpc) is 2.63. The molecule has 1 aromatic heterocycles. The minimum Gasteiger partial charge on any atom is -0.324 e. The monoisotopic (exact) mass is 407 g/mol. The molecule has 28 heavy (non-hydrogen) atoms. The molecule has 0 aliphatic carbocycles. The second-order valence-corrected chi connectivity index (χ2v) is 6.25. The van der Waals surface area contributed by atoms with Crippen molar-refractivity contribution in [2.45, 2.75) is 12.7 Å². The normalized spacial score (nSPS) is 11.3. The summed E-state index contributed by atoms with van der Waals surface area (Å²) in [6, 6.07) is 14.0. The van der Waals surface area contributed by atoms with Crippen molar-refractivity contribution in [1.82, 2.24) is 9.78 Å². The van der Waals surface area contributed by atoms with E-state index in [0.29, 0.717) is 16.3 Å². The van der Waals surface area contributed by atoms with Crippen molar-refractivity contribution in [2.75, 3.05) is 5.32 Å². The molecule has 0 radical (unpaired) electrons. The Morgan fingerprint density at radius 1 is 1.07 bits per heavy atom. The van der Waals surface area contributed by atoms with Crippen LogP contribution in [0.15, 0.2) is 65.5 Å². The highest BCUT2D eigenvalue weighted by atomic mass is 35.5. The zero-order chi connectivity index (χ0) is 20.3. The number of carbonyl (C=O) groups excluding carboxylic acids is 1. The number of amides is 1. The molecule has 3 rings (SSSR count). The van der Waals surface area contributed by atoms with Crippen LogP contribution in [0, 0.1) is 0 Å². The number of carbonyl (C=O) groups is 1. The van der Waals surface area contributed by atoms with E-state index in [1.807, 2.05) is 0 Å². The van der Waals surface area contributed by atoms with Crippen molar-refractivity contribution in [3.63, 3.8) is 0 Å². The van der Waals surface area contributed by atoms with Gasteiger partial charge in [0.2, 0.25) is 5.91 Å². The van der Waals surface area contributed by atoms with Crippen molar-refractivity contribution >= 4 is 23.2 Å². The van der Waals surface area contributed by atoms with E-state index >= 15 is 0 Å². The Kier molecular flexibility index (Phi) is 5.51. The molecule has 0 fully saturated rings. The minimum atomic E-state index is -4.62. The van der Waals surface area contributed by atoms with Gasteiger partial charge in [0.15, 0.2) is 0 Å². The zero-order valence-corrected chi connectivity index (χ0v) is 15.0. The molecule has 0 atom stereocenters. The van der Waals surface area contributed by atoms with E-state index in [-0.39, 0.29) is 5.69 Å². The van der Waals surface area contributed by atoms with E-state index in [1.165, 1.54) is 24.3 Å². The van der Waals surface area contributed by atoms with Crippen LogP contribution in [0.5, 0.6) is 0 Å². The fourth-order valence-corrected chi connectivity index (χ4v) is 2.72. The molecular formula is C19H13ClF3N3O2. The van der Waals surface area contributed by atoms with Gasteiger partial charge in [-0.05, 0) is 30.3 Å². The predicted molar refractivity (Wildman–Crippen MR) is 99.0 cm³/mol. The van der Waals surface area contributed by atoms with Crippen molar-refractivity contribution in [3.05, 3.63) is 81.6 Å². The predicted octanol–water partition coefficient (Wildman–Crippen LogP) is 4.22. The smallest absolute Gasteiger partial charge is 0.324 e. The number of alkyl halides is 3. The second-order valence-electron chi connectivity index (χ2n) is 5.82. The Morgan fingerprint density at radius 2 is 1.82 bits per heavy atom. The van der Waals surface area contributed by atoms with Gasteiger partial charge >= 0.3 is 6.18 Å². The van der Waals surface area contributed by atoms with Crippen molar-refractivity contribution < 1.29 is 18.0 Å². The molecule has 2 aromatic carbocycles. The molecule has 0 saturated heterocycles. The van der Waals surface area contributed by atoms with Crippen LogP contribution in [0.2, 0.25) is 5.02 Å². The van der Waals surface area contributed by atoms with Gasteiger partial charge < -0.3 is 5.32 Å². The van der Waals surface area contributed by atoms with Crippen molar-refractivity contribution in [1.29, 1.82) is 0 Å². The molecule has 0 aliphatic rings. The SMILES string of the molecule is O=C(Cn1nc(-c2cccc(Cl)c2)ccc1=O)Nc1ccccc1C(F)(F)F. The second kappa shape index (κ2) is 7.85. The summed E-state index contributed by atoms with van der Waals surface area (Å²) in [5.74, 6) is -0.811. The first-order valence-electron chi connectivity index (χ1n) is 8.04. The molecule has 1 N–H and O–H groups in total. The van der Waals surface area contributed by atoms with Crippen molar-refractivity contribution in [3.8, 4) is 11.3 Å². The molecule has 5 nitrogen and oxygen atoms in total. The highest BCUT2D eigenvalue weighted by Crippen LogP contribution is 2.34. The number of benzene rings is 2. The molecule has 3 aromatic rings. The van der Waals surface area contributed by atoms with Gasteiger partial charge in [-0.3, -0.25) is 9.59 Å². The Hall–Kier alpha value is -3.13. The van der Waals surface area contributed by atoms with Gasteiger partial charge in [0.25, 0.3) is 5.56 Å². The molecule has 0 spiro atoms. The number of para-hydroxylation sites is 1. The standard InChI is InChI=1S/C19H13ClF3N3O2/c20-13-5-3-4-12(10-13)15-8-9-18(28)26(25-15)11-17(27)24-16-7-2-1-6-14(16)19(21,22)23/h1-10H,11H2,(H,24,27). The largest absolute Gasteiger partial charge is 0.418 e. The minimum absolute atomic E-state index is 0.390. The molecular weight excluding hydrogens is 395 g/mol. The highest BCUT2D eigenvalue weighted by molar-refractivity contribution is 6.30. The summed E-state index contributed by atoms with van der Waals surface area (Å²) in [6.07, 6.45) is -4.62. The average molecular weight is 408 g/mol. The quantitative estimate of drug-likeness (QED) is 0.704. The van der Waals surface area contributed by atoms with Gasteiger partial charge in [-0.25, -0.2) is 4.68 Å². The molecule has 0 unspecified atom stereocenters. The topological polar surface area (TPSA) is 64.0 Å². The number of anilines is 1. The number of nitrogens with one attached hydrogen (secondary N) is 1. The molecule has 1 heterocycles. The summed E-state index contributed by atoms with van der Waals surface area (Å²) in [5, 5.41) is 6.75. The lowest BCUT2D eigenvalue weighted by Gasteiger charge is -2.14. The maximum Gasteiger partial charge on any atom is 0.418 e. The third-order valence-electron chi connectivity index (χ3n) is 3.79. The van der Waals surface area contributed by atoms with Crippen LogP contribution in [-0.4, -0.2) is 15.7 Å². The van der Waals surface area contributed by atoms with Crippen LogP contribution in [0.1, 0.15) is 5.56 Å². The molecule has 1 amide bonds. The van der Waals surface area contributed by atoms with E-state index in [2.05, 4.69) is 10.4 Å².